The van der Waals surface area contributed by atoms with Crippen LogP contribution in [0.3, 0.4) is 0 Å². The van der Waals surface area contributed by atoms with Gasteiger partial charge in [-0.2, -0.15) is 0 Å². The molecule has 0 radical (unpaired) electrons. The molecule has 0 atom stereocenters. The maximum absolute atomic E-state index is 2.46. The lowest BCUT2D eigenvalue weighted by molar-refractivity contribution is 0.768. The summed E-state index contributed by atoms with van der Waals surface area (Å²) >= 11 is 0. The van der Waals surface area contributed by atoms with Crippen molar-refractivity contribution in [3.05, 3.63) is 359 Å². The van der Waals surface area contributed by atoms with E-state index in [2.05, 4.69) is 313 Å². The maximum Gasteiger partial charge on any atom is 0.0713 e. The Kier molecular flexibility index (Phi) is 10.4. The average molecular weight is 981 g/mol. The molecule has 0 saturated carbocycles. The molecule has 77 heavy (non-hydrogen) atoms. The van der Waals surface area contributed by atoms with Crippen molar-refractivity contribution in [2.75, 3.05) is 9.80 Å². The summed E-state index contributed by atoms with van der Waals surface area (Å²) in [6.45, 7) is 0. The van der Waals surface area contributed by atoms with Crippen LogP contribution in [-0.2, 0) is 17.3 Å². The van der Waals surface area contributed by atoms with Gasteiger partial charge in [-0.25, -0.2) is 0 Å². The van der Waals surface area contributed by atoms with Gasteiger partial charge in [-0.05, 0) is 156 Å². The summed E-state index contributed by atoms with van der Waals surface area (Å²) in [7, 11) is 0. The van der Waals surface area contributed by atoms with Crippen LogP contribution in [0.15, 0.2) is 303 Å². The molecule has 362 valence electrons. The predicted octanol–water partition coefficient (Wildman–Crippen LogP) is 18.9. The monoisotopic (exact) mass is 980 g/mol. The van der Waals surface area contributed by atoms with Crippen LogP contribution >= 0.6 is 0 Å². The van der Waals surface area contributed by atoms with Gasteiger partial charge in [-0.15, -0.1) is 0 Å². The third kappa shape index (κ3) is 6.75. The normalized spacial score (nSPS) is 13.6. The van der Waals surface area contributed by atoms with Crippen molar-refractivity contribution in [2.24, 2.45) is 0 Å². The molecule has 12 aromatic rings. The minimum atomic E-state index is -0.466. The standard InChI is InChI=1S/C75H52N2/c1-5-22-53(23-6-1)74(69-35-17-13-30-63(69)64-31-14-18-36-70(64)74)55-41-46-59(47-42-55)76(57-26-9-3-10-27-57)61-45-40-52-50-68-62(67(52)51-61)34-21-39-73(68)77(58-28-11-4-12-29-58)60-48-43-56(44-49-60)75(54-24-7-2-8-25-54)71-37-19-15-32-65(71)66-33-16-20-38-72(66)75/h1-49,51H,50H2. The maximum atomic E-state index is 2.46. The third-order valence-electron chi connectivity index (χ3n) is 16.9. The Morgan fingerprint density at radius 1 is 0.234 bits per heavy atom. The number of rotatable bonds is 10. The van der Waals surface area contributed by atoms with Crippen LogP contribution in [0.1, 0.15) is 55.6 Å². The Morgan fingerprint density at radius 2 is 0.571 bits per heavy atom. The first-order valence-electron chi connectivity index (χ1n) is 26.9. The first kappa shape index (κ1) is 44.7. The van der Waals surface area contributed by atoms with Gasteiger partial charge < -0.3 is 9.80 Å². The fourth-order valence-electron chi connectivity index (χ4n) is 13.7. The van der Waals surface area contributed by atoms with Crippen LogP contribution in [0.4, 0.5) is 34.1 Å². The van der Waals surface area contributed by atoms with E-state index in [0.29, 0.717) is 0 Å². The molecule has 3 aliphatic rings. The Morgan fingerprint density at radius 3 is 1.03 bits per heavy atom. The van der Waals surface area contributed by atoms with Crippen molar-refractivity contribution in [1.82, 2.24) is 0 Å². The number of hydrogen-bond acceptors (Lipinski definition) is 2. The zero-order chi connectivity index (χ0) is 50.9. The number of benzene rings is 12. The first-order valence-corrected chi connectivity index (χ1v) is 26.9. The molecule has 0 fully saturated rings. The first-order chi connectivity index (χ1) is 38.2. The molecular formula is C75H52N2. The van der Waals surface area contributed by atoms with E-state index in [1.54, 1.807) is 0 Å². The van der Waals surface area contributed by atoms with E-state index in [1.807, 2.05) is 0 Å². The minimum absolute atomic E-state index is 0.464. The summed E-state index contributed by atoms with van der Waals surface area (Å²) in [5.74, 6) is 0. The molecule has 0 spiro atoms. The zero-order valence-corrected chi connectivity index (χ0v) is 42.5. The van der Waals surface area contributed by atoms with E-state index in [-0.39, 0.29) is 0 Å². The van der Waals surface area contributed by atoms with Crippen molar-refractivity contribution >= 4 is 34.1 Å². The second-order valence-electron chi connectivity index (χ2n) is 20.7. The fourth-order valence-corrected chi connectivity index (χ4v) is 13.7. The Labute approximate surface area is 451 Å². The molecule has 12 aromatic carbocycles. The number of para-hydroxylation sites is 2. The highest BCUT2D eigenvalue weighted by atomic mass is 15.1. The minimum Gasteiger partial charge on any atom is -0.310 e. The zero-order valence-electron chi connectivity index (χ0n) is 42.5. The van der Waals surface area contributed by atoms with Crippen LogP contribution < -0.4 is 9.80 Å². The Bertz CT molecular complexity index is 4070. The summed E-state index contributed by atoms with van der Waals surface area (Å²) in [6.07, 6.45) is 0.831. The summed E-state index contributed by atoms with van der Waals surface area (Å²) in [4.78, 5) is 4.88. The molecule has 15 rings (SSSR count). The summed E-state index contributed by atoms with van der Waals surface area (Å²) in [5.41, 5.74) is 26.5. The number of nitrogens with zero attached hydrogens (tertiary/aromatic N) is 2. The molecule has 0 saturated heterocycles. The van der Waals surface area contributed by atoms with E-state index >= 15 is 0 Å². The molecule has 0 unspecified atom stereocenters. The Hall–Kier alpha value is -9.76. The van der Waals surface area contributed by atoms with Crippen molar-refractivity contribution in [1.29, 1.82) is 0 Å². The molecule has 0 bridgehead atoms. The molecule has 0 heterocycles. The van der Waals surface area contributed by atoms with Crippen LogP contribution in [0.5, 0.6) is 0 Å². The van der Waals surface area contributed by atoms with E-state index in [0.717, 1.165) is 34.9 Å². The summed E-state index contributed by atoms with van der Waals surface area (Å²) in [6, 6.07) is 112. The highest BCUT2D eigenvalue weighted by Gasteiger charge is 2.47. The average Bonchev–Trinajstić information content (AvgIpc) is 4.33. The van der Waals surface area contributed by atoms with Gasteiger partial charge >= 0.3 is 0 Å². The van der Waals surface area contributed by atoms with Crippen LogP contribution in [0, 0.1) is 0 Å². The highest BCUT2D eigenvalue weighted by Crippen LogP contribution is 2.58. The van der Waals surface area contributed by atoms with Crippen molar-refractivity contribution in [2.45, 2.75) is 17.3 Å². The number of hydrogen-bond donors (Lipinski definition) is 0. The van der Waals surface area contributed by atoms with Crippen molar-refractivity contribution in [3.8, 4) is 33.4 Å². The summed E-state index contributed by atoms with van der Waals surface area (Å²) in [5, 5.41) is 0. The van der Waals surface area contributed by atoms with Gasteiger partial charge in [0.2, 0.25) is 0 Å². The molecule has 0 N–H and O–H groups in total. The quantitative estimate of drug-likeness (QED) is 0.135. The fraction of sp³-hybridized carbons (Fsp3) is 0.0400. The molecule has 2 nitrogen and oxygen atoms in total. The Balaban J connectivity index is 0.829. The molecule has 0 aliphatic heterocycles. The number of anilines is 6. The lowest BCUT2D eigenvalue weighted by Crippen LogP contribution is -2.28. The van der Waals surface area contributed by atoms with Crippen molar-refractivity contribution in [3.63, 3.8) is 0 Å². The largest absolute Gasteiger partial charge is 0.310 e. The van der Waals surface area contributed by atoms with Crippen LogP contribution in [0.2, 0.25) is 0 Å². The van der Waals surface area contributed by atoms with Gasteiger partial charge in [0.25, 0.3) is 0 Å². The van der Waals surface area contributed by atoms with Gasteiger partial charge in [-0.1, -0.05) is 237 Å². The topological polar surface area (TPSA) is 6.48 Å². The third-order valence-corrected chi connectivity index (χ3v) is 16.9. The van der Waals surface area contributed by atoms with E-state index in [9.17, 15) is 0 Å². The predicted molar refractivity (Wildman–Crippen MR) is 319 cm³/mol. The second-order valence-corrected chi connectivity index (χ2v) is 20.7. The van der Waals surface area contributed by atoms with Gasteiger partial charge in [0.15, 0.2) is 0 Å². The second kappa shape index (κ2) is 18.0. The molecule has 0 amide bonds. The van der Waals surface area contributed by atoms with Gasteiger partial charge in [-0.3, -0.25) is 0 Å². The van der Waals surface area contributed by atoms with Gasteiger partial charge in [0, 0.05) is 34.9 Å². The van der Waals surface area contributed by atoms with Gasteiger partial charge in [0.05, 0.1) is 16.5 Å². The van der Waals surface area contributed by atoms with E-state index < -0.39 is 10.8 Å². The smallest absolute Gasteiger partial charge is 0.0713 e. The van der Waals surface area contributed by atoms with Crippen LogP contribution in [0.25, 0.3) is 33.4 Å². The molecular weight excluding hydrogens is 929 g/mol. The lowest BCUT2D eigenvalue weighted by Gasteiger charge is -2.34. The highest BCUT2D eigenvalue weighted by molar-refractivity contribution is 5.92. The van der Waals surface area contributed by atoms with Crippen molar-refractivity contribution < 1.29 is 0 Å². The summed E-state index contributed by atoms with van der Waals surface area (Å²) < 4.78 is 0. The van der Waals surface area contributed by atoms with E-state index in [1.165, 1.54) is 94.7 Å². The van der Waals surface area contributed by atoms with Gasteiger partial charge in [0.1, 0.15) is 0 Å². The SMILES string of the molecule is c1ccc(N(c2ccc(C3(c4ccccc4)c4ccccc4-c4ccccc43)cc2)c2ccc3c(c2)-c2cccc(N(c4ccccc4)c4ccc(C5(c6ccccc6)c6ccccc6-c6ccccc65)cc4)c2C3)cc1. The molecule has 2 heteroatoms. The number of fused-ring (bicyclic) bond motifs is 9. The van der Waals surface area contributed by atoms with E-state index in [4.69, 9.17) is 0 Å². The van der Waals surface area contributed by atoms with Crippen LogP contribution in [-0.4, -0.2) is 0 Å². The molecule has 3 aliphatic carbocycles. The molecule has 0 aromatic heterocycles. The lowest BCUT2D eigenvalue weighted by atomic mass is 9.68.